The van der Waals surface area contributed by atoms with Crippen molar-refractivity contribution in [2.75, 3.05) is 23.9 Å². The van der Waals surface area contributed by atoms with Gasteiger partial charge in [-0.2, -0.15) is 0 Å². The number of carbonyl (C=O) groups is 2. The monoisotopic (exact) mass is 412 g/mol. The molecule has 3 rings (SSSR count). The Kier molecular flexibility index (Phi) is 6.46. The SMILES string of the molecule is COc1ccc(C(=O)N(CC(=O)Nc2cccc(Cl)c2F)c2ccccc2)cc1. The third kappa shape index (κ3) is 4.92. The predicted molar refractivity (Wildman–Crippen MR) is 111 cm³/mol. The Morgan fingerprint density at radius 1 is 1.00 bits per heavy atom. The molecule has 0 radical (unpaired) electrons. The maximum absolute atomic E-state index is 14.1. The predicted octanol–water partition coefficient (Wildman–Crippen LogP) is 4.77. The second-order valence-electron chi connectivity index (χ2n) is 6.10. The molecule has 148 valence electrons. The molecule has 2 amide bonds. The first-order chi connectivity index (χ1) is 14.0. The van der Waals surface area contributed by atoms with E-state index in [1.165, 1.54) is 30.2 Å². The topological polar surface area (TPSA) is 58.6 Å². The molecule has 5 nitrogen and oxygen atoms in total. The fourth-order valence-electron chi connectivity index (χ4n) is 2.71. The molecule has 0 saturated carbocycles. The number of nitrogens with one attached hydrogen (secondary N) is 1. The van der Waals surface area contributed by atoms with Crippen LogP contribution in [0.4, 0.5) is 15.8 Å². The molecule has 3 aromatic rings. The summed E-state index contributed by atoms with van der Waals surface area (Å²) in [6.07, 6.45) is 0. The Hall–Kier alpha value is -3.38. The van der Waals surface area contributed by atoms with Gasteiger partial charge < -0.3 is 10.1 Å². The molecule has 0 aliphatic heterocycles. The third-order valence-corrected chi connectivity index (χ3v) is 4.47. The van der Waals surface area contributed by atoms with Crippen molar-refractivity contribution in [2.24, 2.45) is 0 Å². The van der Waals surface area contributed by atoms with Crippen LogP contribution in [-0.4, -0.2) is 25.5 Å². The van der Waals surface area contributed by atoms with Crippen molar-refractivity contribution in [2.45, 2.75) is 0 Å². The molecule has 0 aromatic heterocycles. The van der Waals surface area contributed by atoms with Gasteiger partial charge in [0.15, 0.2) is 5.82 Å². The number of amides is 2. The van der Waals surface area contributed by atoms with Gasteiger partial charge in [0.2, 0.25) is 5.91 Å². The minimum Gasteiger partial charge on any atom is -0.497 e. The number of carbonyl (C=O) groups excluding carboxylic acids is 2. The van der Waals surface area contributed by atoms with Crippen molar-refractivity contribution in [3.05, 3.63) is 89.2 Å². The van der Waals surface area contributed by atoms with E-state index in [1.54, 1.807) is 54.6 Å². The van der Waals surface area contributed by atoms with Crippen LogP contribution in [0.1, 0.15) is 10.4 Å². The van der Waals surface area contributed by atoms with Crippen molar-refractivity contribution in [1.82, 2.24) is 0 Å². The lowest BCUT2D eigenvalue weighted by molar-refractivity contribution is -0.114. The van der Waals surface area contributed by atoms with Gasteiger partial charge in [-0.25, -0.2) is 4.39 Å². The van der Waals surface area contributed by atoms with Gasteiger partial charge in [-0.15, -0.1) is 0 Å². The maximum Gasteiger partial charge on any atom is 0.258 e. The Bertz CT molecular complexity index is 1010. The maximum atomic E-state index is 14.1. The van der Waals surface area contributed by atoms with E-state index < -0.39 is 11.7 Å². The molecule has 7 heteroatoms. The molecule has 0 atom stereocenters. The standard InChI is InChI=1S/C22H18ClFN2O3/c1-29-17-12-10-15(11-13-17)22(28)26(16-6-3-2-4-7-16)14-20(27)25-19-9-5-8-18(23)21(19)24/h2-13H,14H2,1H3,(H,25,27). The molecule has 29 heavy (non-hydrogen) atoms. The van der Waals surface area contributed by atoms with Gasteiger partial charge >= 0.3 is 0 Å². The first kappa shape index (κ1) is 20.4. The number of rotatable bonds is 6. The zero-order valence-electron chi connectivity index (χ0n) is 15.6. The molecular weight excluding hydrogens is 395 g/mol. The van der Waals surface area contributed by atoms with Crippen LogP contribution in [0.5, 0.6) is 5.75 Å². The van der Waals surface area contributed by atoms with Crippen LogP contribution < -0.4 is 15.0 Å². The highest BCUT2D eigenvalue weighted by Crippen LogP contribution is 2.23. The van der Waals surface area contributed by atoms with E-state index >= 15 is 0 Å². The van der Waals surface area contributed by atoms with Gasteiger partial charge in [0, 0.05) is 11.3 Å². The number of anilines is 2. The number of benzene rings is 3. The quantitative estimate of drug-likeness (QED) is 0.634. The van der Waals surface area contributed by atoms with E-state index in [2.05, 4.69) is 5.32 Å². The van der Waals surface area contributed by atoms with Crippen molar-refractivity contribution in [3.63, 3.8) is 0 Å². The van der Waals surface area contributed by atoms with Gasteiger partial charge in [0.05, 0.1) is 17.8 Å². The Morgan fingerprint density at radius 3 is 2.34 bits per heavy atom. The number of para-hydroxylation sites is 1. The van der Waals surface area contributed by atoms with Crippen LogP contribution >= 0.6 is 11.6 Å². The van der Waals surface area contributed by atoms with Crippen molar-refractivity contribution < 1.29 is 18.7 Å². The average molecular weight is 413 g/mol. The number of hydrogen-bond donors (Lipinski definition) is 1. The zero-order chi connectivity index (χ0) is 20.8. The van der Waals surface area contributed by atoms with E-state index in [0.717, 1.165) is 0 Å². The minimum absolute atomic E-state index is 0.0487. The molecular formula is C22H18ClFN2O3. The summed E-state index contributed by atoms with van der Waals surface area (Å²) in [5.41, 5.74) is 0.874. The minimum atomic E-state index is -0.727. The van der Waals surface area contributed by atoms with Gasteiger partial charge in [0.1, 0.15) is 12.3 Å². The Labute approximate surface area is 172 Å². The Morgan fingerprint density at radius 2 is 1.69 bits per heavy atom. The molecule has 0 bridgehead atoms. The smallest absolute Gasteiger partial charge is 0.258 e. The molecule has 3 aromatic carbocycles. The van der Waals surface area contributed by atoms with Crippen LogP contribution in [0.15, 0.2) is 72.8 Å². The van der Waals surface area contributed by atoms with Gasteiger partial charge in [-0.1, -0.05) is 35.9 Å². The number of methoxy groups -OCH3 is 1. The van der Waals surface area contributed by atoms with Crippen LogP contribution in [0.3, 0.4) is 0 Å². The number of hydrogen-bond acceptors (Lipinski definition) is 3. The summed E-state index contributed by atoms with van der Waals surface area (Å²) < 4.78 is 19.2. The molecule has 1 N–H and O–H groups in total. The highest BCUT2D eigenvalue weighted by atomic mass is 35.5. The van der Waals surface area contributed by atoms with E-state index in [9.17, 15) is 14.0 Å². The summed E-state index contributed by atoms with van der Waals surface area (Å²) in [7, 11) is 1.53. The Balaban J connectivity index is 1.84. The van der Waals surface area contributed by atoms with Crippen LogP contribution in [0, 0.1) is 5.82 Å². The number of nitrogens with zero attached hydrogens (tertiary/aromatic N) is 1. The summed E-state index contributed by atoms with van der Waals surface area (Å²) in [4.78, 5) is 26.9. The summed E-state index contributed by atoms with van der Waals surface area (Å²) in [6, 6.07) is 19.6. The van der Waals surface area contributed by atoms with Crippen molar-refractivity contribution in [3.8, 4) is 5.75 Å². The fraction of sp³-hybridized carbons (Fsp3) is 0.0909. The fourth-order valence-corrected chi connectivity index (χ4v) is 2.89. The van der Waals surface area contributed by atoms with Gasteiger partial charge in [0.25, 0.3) is 5.91 Å². The lowest BCUT2D eigenvalue weighted by atomic mass is 10.1. The molecule has 0 heterocycles. The number of ether oxygens (including phenoxy) is 1. The average Bonchev–Trinajstić information content (AvgIpc) is 2.75. The lowest BCUT2D eigenvalue weighted by Crippen LogP contribution is -2.38. The first-order valence-electron chi connectivity index (χ1n) is 8.74. The highest BCUT2D eigenvalue weighted by molar-refractivity contribution is 6.31. The molecule has 0 unspecified atom stereocenters. The van der Waals surface area contributed by atoms with Gasteiger partial charge in [-0.05, 0) is 48.5 Å². The molecule has 0 aliphatic carbocycles. The van der Waals surface area contributed by atoms with E-state index in [-0.39, 0.29) is 23.2 Å². The summed E-state index contributed by atoms with van der Waals surface area (Å²) in [6.45, 7) is -0.305. The summed E-state index contributed by atoms with van der Waals surface area (Å²) in [5, 5.41) is 2.36. The molecule has 0 fully saturated rings. The largest absolute Gasteiger partial charge is 0.497 e. The van der Waals surface area contributed by atoms with Crippen molar-refractivity contribution >= 4 is 34.8 Å². The normalized spacial score (nSPS) is 10.3. The second-order valence-corrected chi connectivity index (χ2v) is 6.51. The number of halogens is 2. The van der Waals surface area contributed by atoms with Gasteiger partial charge in [-0.3, -0.25) is 14.5 Å². The summed E-state index contributed by atoms with van der Waals surface area (Å²) in [5.74, 6) is -1.05. The second kappa shape index (κ2) is 9.21. The van der Waals surface area contributed by atoms with E-state index in [0.29, 0.717) is 17.0 Å². The molecule has 0 aliphatic rings. The van der Waals surface area contributed by atoms with Crippen LogP contribution in [-0.2, 0) is 4.79 Å². The molecule has 0 spiro atoms. The zero-order valence-corrected chi connectivity index (χ0v) is 16.3. The lowest BCUT2D eigenvalue weighted by Gasteiger charge is -2.22. The van der Waals surface area contributed by atoms with E-state index in [4.69, 9.17) is 16.3 Å². The highest BCUT2D eigenvalue weighted by Gasteiger charge is 2.21. The van der Waals surface area contributed by atoms with E-state index in [1.807, 2.05) is 0 Å². The first-order valence-corrected chi connectivity index (χ1v) is 9.12. The van der Waals surface area contributed by atoms with Crippen LogP contribution in [0.2, 0.25) is 5.02 Å². The van der Waals surface area contributed by atoms with Crippen molar-refractivity contribution in [1.29, 1.82) is 0 Å². The third-order valence-electron chi connectivity index (χ3n) is 4.18. The van der Waals surface area contributed by atoms with Crippen LogP contribution in [0.25, 0.3) is 0 Å². The molecule has 0 saturated heterocycles. The summed E-state index contributed by atoms with van der Waals surface area (Å²) >= 11 is 5.75.